The predicted octanol–water partition coefficient (Wildman–Crippen LogP) is -0.215. The van der Waals surface area contributed by atoms with Gasteiger partial charge in [-0.2, -0.15) is 0 Å². The van der Waals surface area contributed by atoms with E-state index in [-0.39, 0.29) is 18.1 Å². The SMILES string of the molecule is C[C@H](O)CNC(=O)c1ccon1. The van der Waals surface area contributed by atoms with Gasteiger partial charge in [-0.05, 0) is 6.92 Å². The van der Waals surface area contributed by atoms with Crippen molar-refractivity contribution < 1.29 is 14.4 Å². The van der Waals surface area contributed by atoms with E-state index in [9.17, 15) is 4.79 Å². The summed E-state index contributed by atoms with van der Waals surface area (Å²) in [5.74, 6) is -0.343. The monoisotopic (exact) mass is 170 g/mol. The van der Waals surface area contributed by atoms with Crippen LogP contribution < -0.4 is 5.32 Å². The highest BCUT2D eigenvalue weighted by atomic mass is 16.5. The number of carbonyl (C=O) groups excluding carboxylic acids is 1. The molecule has 0 saturated carbocycles. The van der Waals surface area contributed by atoms with Gasteiger partial charge in [-0.3, -0.25) is 4.79 Å². The molecule has 0 aliphatic rings. The zero-order valence-corrected chi connectivity index (χ0v) is 6.65. The van der Waals surface area contributed by atoms with Gasteiger partial charge in [0, 0.05) is 12.6 Å². The third-order valence-corrected chi connectivity index (χ3v) is 1.23. The number of carbonyl (C=O) groups is 1. The summed E-state index contributed by atoms with van der Waals surface area (Å²) in [5.41, 5.74) is 0.218. The summed E-state index contributed by atoms with van der Waals surface area (Å²) >= 11 is 0. The zero-order chi connectivity index (χ0) is 8.97. The fraction of sp³-hybridized carbons (Fsp3) is 0.429. The van der Waals surface area contributed by atoms with Gasteiger partial charge in [-0.1, -0.05) is 5.16 Å². The maximum atomic E-state index is 11.1. The van der Waals surface area contributed by atoms with E-state index < -0.39 is 6.10 Å². The summed E-state index contributed by atoms with van der Waals surface area (Å²) in [7, 11) is 0. The zero-order valence-electron chi connectivity index (χ0n) is 6.65. The van der Waals surface area contributed by atoms with E-state index in [1.54, 1.807) is 6.92 Å². The number of amides is 1. The summed E-state index contributed by atoms with van der Waals surface area (Å²) in [4.78, 5) is 11.1. The number of aliphatic hydroxyl groups excluding tert-OH is 1. The maximum Gasteiger partial charge on any atom is 0.273 e. The molecule has 5 nitrogen and oxygen atoms in total. The molecule has 0 aliphatic heterocycles. The largest absolute Gasteiger partial charge is 0.392 e. The molecule has 0 spiro atoms. The van der Waals surface area contributed by atoms with E-state index in [2.05, 4.69) is 15.0 Å². The molecule has 1 rings (SSSR count). The van der Waals surface area contributed by atoms with Crippen molar-refractivity contribution in [2.24, 2.45) is 0 Å². The average molecular weight is 170 g/mol. The molecule has 1 aromatic heterocycles. The van der Waals surface area contributed by atoms with Crippen molar-refractivity contribution in [3.8, 4) is 0 Å². The quantitative estimate of drug-likeness (QED) is 0.657. The third kappa shape index (κ3) is 2.35. The lowest BCUT2D eigenvalue weighted by Gasteiger charge is -2.03. The van der Waals surface area contributed by atoms with E-state index in [1.165, 1.54) is 12.3 Å². The second-order valence-corrected chi connectivity index (χ2v) is 2.44. The Labute approximate surface area is 69.4 Å². The predicted molar refractivity (Wildman–Crippen MR) is 40.5 cm³/mol. The van der Waals surface area contributed by atoms with Gasteiger partial charge < -0.3 is 14.9 Å². The van der Waals surface area contributed by atoms with Crippen molar-refractivity contribution in [1.82, 2.24) is 10.5 Å². The molecule has 5 heteroatoms. The molecule has 0 saturated heterocycles. The van der Waals surface area contributed by atoms with E-state index in [0.717, 1.165) is 0 Å². The molecule has 12 heavy (non-hydrogen) atoms. The lowest BCUT2D eigenvalue weighted by Crippen LogP contribution is -2.30. The van der Waals surface area contributed by atoms with Crippen LogP contribution in [0.25, 0.3) is 0 Å². The molecule has 0 bridgehead atoms. The van der Waals surface area contributed by atoms with Crippen LogP contribution in [0.4, 0.5) is 0 Å². The molecule has 66 valence electrons. The first-order valence-corrected chi connectivity index (χ1v) is 3.57. The Morgan fingerprint density at radius 3 is 3.17 bits per heavy atom. The Morgan fingerprint density at radius 1 is 1.92 bits per heavy atom. The lowest BCUT2D eigenvalue weighted by atomic mass is 10.3. The minimum atomic E-state index is -0.555. The van der Waals surface area contributed by atoms with Crippen LogP contribution in [0.2, 0.25) is 0 Å². The Morgan fingerprint density at radius 2 is 2.67 bits per heavy atom. The lowest BCUT2D eigenvalue weighted by molar-refractivity contribution is 0.0915. The smallest absolute Gasteiger partial charge is 0.273 e. The third-order valence-electron chi connectivity index (χ3n) is 1.23. The van der Waals surface area contributed by atoms with E-state index >= 15 is 0 Å². The number of hydrogen-bond acceptors (Lipinski definition) is 4. The van der Waals surface area contributed by atoms with Gasteiger partial charge in [0.05, 0.1) is 6.10 Å². The molecule has 2 N–H and O–H groups in total. The van der Waals surface area contributed by atoms with Gasteiger partial charge in [0.25, 0.3) is 5.91 Å². The number of nitrogens with zero attached hydrogens (tertiary/aromatic N) is 1. The summed E-state index contributed by atoms with van der Waals surface area (Å²) in [6.07, 6.45) is 0.762. The standard InChI is InChI=1S/C7H10N2O3/c1-5(10)4-8-7(11)6-2-3-12-9-6/h2-3,5,10H,4H2,1H3,(H,8,11)/t5-/m0/s1. The van der Waals surface area contributed by atoms with Gasteiger partial charge in [0.2, 0.25) is 0 Å². The van der Waals surface area contributed by atoms with Gasteiger partial charge in [-0.25, -0.2) is 0 Å². The highest BCUT2D eigenvalue weighted by molar-refractivity contribution is 5.91. The second-order valence-electron chi connectivity index (χ2n) is 2.44. The fourth-order valence-electron chi connectivity index (χ4n) is 0.661. The van der Waals surface area contributed by atoms with Gasteiger partial charge in [0.1, 0.15) is 6.26 Å². The van der Waals surface area contributed by atoms with Crippen molar-refractivity contribution in [2.75, 3.05) is 6.54 Å². The number of rotatable bonds is 3. The van der Waals surface area contributed by atoms with Crippen molar-refractivity contribution in [1.29, 1.82) is 0 Å². The first kappa shape index (κ1) is 8.73. The average Bonchev–Trinajstić information content (AvgIpc) is 2.51. The Kier molecular flexibility index (Phi) is 2.82. The molecule has 1 aromatic rings. The molecule has 1 amide bonds. The van der Waals surface area contributed by atoms with Crippen LogP contribution in [0.1, 0.15) is 17.4 Å². The van der Waals surface area contributed by atoms with Crippen LogP contribution >= 0.6 is 0 Å². The first-order valence-electron chi connectivity index (χ1n) is 3.57. The van der Waals surface area contributed by atoms with Crippen LogP contribution in [0.15, 0.2) is 16.9 Å². The van der Waals surface area contributed by atoms with Crippen LogP contribution in [0.3, 0.4) is 0 Å². The number of nitrogens with one attached hydrogen (secondary N) is 1. The molecule has 0 aromatic carbocycles. The topological polar surface area (TPSA) is 75.4 Å². The van der Waals surface area contributed by atoms with Crippen LogP contribution in [-0.2, 0) is 0 Å². The summed E-state index contributed by atoms with van der Waals surface area (Å²) < 4.78 is 4.47. The van der Waals surface area contributed by atoms with Crippen molar-refractivity contribution in [3.05, 3.63) is 18.0 Å². The molecule has 0 aliphatic carbocycles. The van der Waals surface area contributed by atoms with Gasteiger partial charge in [0.15, 0.2) is 5.69 Å². The van der Waals surface area contributed by atoms with E-state index in [4.69, 9.17) is 5.11 Å². The number of aliphatic hydroxyl groups is 1. The van der Waals surface area contributed by atoms with Crippen molar-refractivity contribution in [3.63, 3.8) is 0 Å². The molecule has 1 heterocycles. The summed E-state index contributed by atoms with van der Waals surface area (Å²) in [6, 6.07) is 1.46. The Hall–Kier alpha value is -1.36. The molecular formula is C7H10N2O3. The van der Waals surface area contributed by atoms with E-state index in [1.807, 2.05) is 0 Å². The number of aromatic nitrogens is 1. The Balaban J connectivity index is 2.40. The molecule has 0 radical (unpaired) electrons. The van der Waals surface area contributed by atoms with Crippen LogP contribution in [-0.4, -0.2) is 28.8 Å². The fourth-order valence-corrected chi connectivity index (χ4v) is 0.661. The van der Waals surface area contributed by atoms with Gasteiger partial charge in [-0.15, -0.1) is 0 Å². The van der Waals surface area contributed by atoms with Gasteiger partial charge >= 0.3 is 0 Å². The maximum absolute atomic E-state index is 11.1. The Bertz CT molecular complexity index is 243. The minimum absolute atomic E-state index is 0.214. The van der Waals surface area contributed by atoms with Crippen molar-refractivity contribution >= 4 is 5.91 Å². The highest BCUT2D eigenvalue weighted by Crippen LogP contribution is 1.93. The summed E-state index contributed by atoms with van der Waals surface area (Å²) in [6.45, 7) is 1.80. The highest BCUT2D eigenvalue weighted by Gasteiger charge is 2.08. The minimum Gasteiger partial charge on any atom is -0.392 e. The van der Waals surface area contributed by atoms with Crippen molar-refractivity contribution in [2.45, 2.75) is 13.0 Å². The van der Waals surface area contributed by atoms with Crippen LogP contribution in [0.5, 0.6) is 0 Å². The number of hydrogen-bond donors (Lipinski definition) is 2. The molecule has 1 atom stereocenters. The molecule has 0 unspecified atom stereocenters. The first-order chi connectivity index (χ1) is 5.70. The molecule has 0 fully saturated rings. The normalized spacial score (nSPS) is 12.5. The van der Waals surface area contributed by atoms with E-state index in [0.29, 0.717) is 0 Å². The second kappa shape index (κ2) is 3.87. The molecular weight excluding hydrogens is 160 g/mol. The summed E-state index contributed by atoms with van der Waals surface area (Å²) in [5, 5.41) is 14.7. The van der Waals surface area contributed by atoms with Crippen LogP contribution in [0, 0.1) is 0 Å².